The molecule has 0 saturated carbocycles. The van der Waals surface area contributed by atoms with Crippen molar-refractivity contribution in [3.63, 3.8) is 0 Å². The summed E-state index contributed by atoms with van der Waals surface area (Å²) < 4.78 is 0. The van der Waals surface area contributed by atoms with Gasteiger partial charge in [-0.05, 0) is 23.7 Å². The molecule has 0 rings (SSSR count). The first-order valence-corrected chi connectivity index (χ1v) is 5.81. The zero-order valence-corrected chi connectivity index (χ0v) is 10.9. The van der Waals surface area contributed by atoms with Gasteiger partial charge in [0.2, 0.25) is 0 Å². The van der Waals surface area contributed by atoms with Crippen LogP contribution >= 0.6 is 0 Å². The highest BCUT2D eigenvalue weighted by Gasteiger charge is 2.21. The van der Waals surface area contributed by atoms with Crippen LogP contribution < -0.4 is 0 Å². The van der Waals surface area contributed by atoms with Gasteiger partial charge in [0.25, 0.3) is 0 Å². The van der Waals surface area contributed by atoms with Crippen molar-refractivity contribution in [2.24, 2.45) is 10.8 Å². The van der Waals surface area contributed by atoms with Crippen LogP contribution in [0.1, 0.15) is 67.2 Å². The van der Waals surface area contributed by atoms with Gasteiger partial charge in [-0.25, -0.2) is 0 Å². The summed E-state index contributed by atoms with van der Waals surface area (Å²) in [6.45, 7) is 13.1. The first-order valence-electron chi connectivity index (χ1n) is 5.81. The van der Waals surface area contributed by atoms with E-state index in [-0.39, 0.29) is 11.5 Å². The minimum absolute atomic E-state index is 0.0434. The van der Waals surface area contributed by atoms with Crippen molar-refractivity contribution in [2.75, 3.05) is 0 Å². The third-order valence-electron chi connectivity index (χ3n) is 2.65. The fourth-order valence-corrected chi connectivity index (χ4v) is 1.43. The van der Waals surface area contributed by atoms with E-state index >= 15 is 0 Å². The largest absolute Gasteiger partial charge is 0.393 e. The molecule has 1 unspecified atom stereocenters. The Morgan fingerprint density at radius 3 is 1.79 bits per heavy atom. The van der Waals surface area contributed by atoms with Gasteiger partial charge in [-0.15, -0.1) is 0 Å². The second-order valence-corrected chi connectivity index (χ2v) is 6.69. The fraction of sp³-hybridized carbons (Fsp3) is 1.00. The third kappa shape index (κ3) is 7.37. The fourth-order valence-electron chi connectivity index (χ4n) is 1.43. The summed E-state index contributed by atoms with van der Waals surface area (Å²) in [4.78, 5) is 0. The smallest absolute Gasteiger partial charge is 0.0588 e. The zero-order chi connectivity index (χ0) is 11.4. The van der Waals surface area contributed by atoms with Crippen molar-refractivity contribution in [1.82, 2.24) is 0 Å². The molecule has 1 nitrogen and oxygen atoms in total. The van der Waals surface area contributed by atoms with Crippen LogP contribution in [0.25, 0.3) is 0 Å². The molecule has 1 N–H and O–H groups in total. The van der Waals surface area contributed by atoms with Crippen LogP contribution in [0.2, 0.25) is 0 Å². The standard InChI is InChI=1S/C13H28O/c1-12(2,3)10-8-7-9-11(14)13(4,5)6/h11,14H,7-10H2,1-6H3. The number of hydrogen-bond acceptors (Lipinski definition) is 1. The van der Waals surface area contributed by atoms with E-state index in [0.717, 1.165) is 12.8 Å². The Morgan fingerprint density at radius 2 is 1.43 bits per heavy atom. The van der Waals surface area contributed by atoms with Gasteiger partial charge in [0.15, 0.2) is 0 Å². The topological polar surface area (TPSA) is 20.2 Å². The van der Waals surface area contributed by atoms with Gasteiger partial charge in [0.05, 0.1) is 6.10 Å². The van der Waals surface area contributed by atoms with Crippen LogP contribution in [0.3, 0.4) is 0 Å². The Kier molecular flexibility index (Phi) is 5.14. The quantitative estimate of drug-likeness (QED) is 0.680. The van der Waals surface area contributed by atoms with E-state index in [9.17, 15) is 5.11 Å². The van der Waals surface area contributed by atoms with Crippen molar-refractivity contribution in [2.45, 2.75) is 73.3 Å². The van der Waals surface area contributed by atoms with E-state index in [2.05, 4.69) is 41.5 Å². The van der Waals surface area contributed by atoms with E-state index in [1.807, 2.05) is 0 Å². The van der Waals surface area contributed by atoms with Gasteiger partial charge < -0.3 is 5.11 Å². The van der Waals surface area contributed by atoms with Crippen LogP contribution in [-0.2, 0) is 0 Å². The highest BCUT2D eigenvalue weighted by molar-refractivity contribution is 4.72. The summed E-state index contributed by atoms with van der Waals surface area (Å²) in [5, 5.41) is 9.82. The molecule has 1 atom stereocenters. The minimum atomic E-state index is -0.150. The van der Waals surface area contributed by atoms with E-state index in [0.29, 0.717) is 5.41 Å². The molecule has 14 heavy (non-hydrogen) atoms. The van der Waals surface area contributed by atoms with Crippen molar-refractivity contribution in [1.29, 1.82) is 0 Å². The average Bonchev–Trinajstić information content (AvgIpc) is 1.93. The lowest BCUT2D eigenvalue weighted by atomic mass is 9.84. The summed E-state index contributed by atoms with van der Waals surface area (Å²) >= 11 is 0. The van der Waals surface area contributed by atoms with Crippen LogP contribution in [0.15, 0.2) is 0 Å². The summed E-state index contributed by atoms with van der Waals surface area (Å²) in [6, 6.07) is 0. The molecular formula is C13H28O. The number of hydrogen-bond donors (Lipinski definition) is 1. The average molecular weight is 200 g/mol. The lowest BCUT2D eigenvalue weighted by molar-refractivity contribution is 0.0528. The van der Waals surface area contributed by atoms with Crippen molar-refractivity contribution >= 4 is 0 Å². The molecule has 0 aromatic carbocycles. The number of aliphatic hydroxyl groups excluding tert-OH is 1. The van der Waals surface area contributed by atoms with Crippen LogP contribution in [-0.4, -0.2) is 11.2 Å². The summed E-state index contributed by atoms with van der Waals surface area (Å²) in [6.07, 6.45) is 4.43. The molecule has 0 radical (unpaired) electrons. The first kappa shape index (κ1) is 14.0. The summed E-state index contributed by atoms with van der Waals surface area (Å²) in [7, 11) is 0. The molecule has 0 aromatic heterocycles. The molecule has 0 fully saturated rings. The molecule has 0 aliphatic rings. The van der Waals surface area contributed by atoms with Gasteiger partial charge in [-0.3, -0.25) is 0 Å². The lowest BCUT2D eigenvalue weighted by Crippen LogP contribution is -2.25. The molecule has 0 bridgehead atoms. The van der Waals surface area contributed by atoms with Gasteiger partial charge >= 0.3 is 0 Å². The predicted octanol–water partition coefficient (Wildman–Crippen LogP) is 4.00. The molecule has 0 aliphatic carbocycles. The summed E-state index contributed by atoms with van der Waals surface area (Å²) in [5.41, 5.74) is 0.481. The molecule has 0 spiro atoms. The normalized spacial score (nSPS) is 15.6. The third-order valence-corrected chi connectivity index (χ3v) is 2.65. The van der Waals surface area contributed by atoms with E-state index in [1.54, 1.807) is 0 Å². The molecule has 86 valence electrons. The van der Waals surface area contributed by atoms with Gasteiger partial charge in [0, 0.05) is 0 Å². The maximum absolute atomic E-state index is 9.82. The Labute approximate surface area is 89.9 Å². The van der Waals surface area contributed by atoms with Crippen molar-refractivity contribution < 1.29 is 5.11 Å². The number of unbranched alkanes of at least 4 members (excludes halogenated alkanes) is 1. The van der Waals surface area contributed by atoms with E-state index in [1.165, 1.54) is 12.8 Å². The van der Waals surface area contributed by atoms with Gasteiger partial charge in [0.1, 0.15) is 0 Å². The van der Waals surface area contributed by atoms with Crippen molar-refractivity contribution in [3.8, 4) is 0 Å². The Morgan fingerprint density at radius 1 is 0.929 bits per heavy atom. The number of aliphatic hydroxyl groups is 1. The Hall–Kier alpha value is -0.0400. The van der Waals surface area contributed by atoms with Crippen LogP contribution in [0, 0.1) is 10.8 Å². The Balaban J connectivity index is 3.56. The molecule has 0 aliphatic heterocycles. The molecule has 0 aromatic rings. The zero-order valence-electron chi connectivity index (χ0n) is 10.9. The summed E-state index contributed by atoms with van der Waals surface area (Å²) in [5.74, 6) is 0. The SMILES string of the molecule is CC(C)(C)CCCCC(O)C(C)(C)C. The molecule has 0 heterocycles. The minimum Gasteiger partial charge on any atom is -0.393 e. The molecule has 0 saturated heterocycles. The first-order chi connectivity index (χ1) is 6.13. The maximum Gasteiger partial charge on any atom is 0.0588 e. The second kappa shape index (κ2) is 5.16. The molecule has 1 heteroatoms. The Bertz CT molecular complexity index is 148. The van der Waals surface area contributed by atoms with Crippen LogP contribution in [0.4, 0.5) is 0 Å². The van der Waals surface area contributed by atoms with E-state index in [4.69, 9.17) is 0 Å². The monoisotopic (exact) mass is 200 g/mol. The van der Waals surface area contributed by atoms with Crippen molar-refractivity contribution in [3.05, 3.63) is 0 Å². The highest BCUT2D eigenvalue weighted by atomic mass is 16.3. The number of rotatable bonds is 4. The van der Waals surface area contributed by atoms with Gasteiger partial charge in [-0.2, -0.15) is 0 Å². The highest BCUT2D eigenvalue weighted by Crippen LogP contribution is 2.26. The lowest BCUT2D eigenvalue weighted by Gasteiger charge is -2.26. The van der Waals surface area contributed by atoms with E-state index < -0.39 is 0 Å². The van der Waals surface area contributed by atoms with Gasteiger partial charge in [-0.1, -0.05) is 54.4 Å². The maximum atomic E-state index is 9.82. The molecular weight excluding hydrogens is 172 g/mol. The second-order valence-electron chi connectivity index (χ2n) is 6.69. The predicted molar refractivity (Wildman–Crippen MR) is 63.4 cm³/mol. The molecule has 0 amide bonds. The van der Waals surface area contributed by atoms with Crippen LogP contribution in [0.5, 0.6) is 0 Å².